The fourth-order valence-corrected chi connectivity index (χ4v) is 3.45. The molecule has 148 valence electrons. The summed E-state index contributed by atoms with van der Waals surface area (Å²) in [7, 11) is 3.53. The van der Waals surface area contributed by atoms with E-state index in [1.54, 1.807) is 31.1 Å². The molecule has 0 saturated carbocycles. The van der Waals surface area contributed by atoms with Crippen molar-refractivity contribution in [2.45, 2.75) is 6.10 Å². The summed E-state index contributed by atoms with van der Waals surface area (Å²) in [6.07, 6.45) is -0.701. The van der Waals surface area contributed by atoms with Crippen molar-refractivity contribution in [3.63, 3.8) is 0 Å². The van der Waals surface area contributed by atoms with Gasteiger partial charge in [0.15, 0.2) is 0 Å². The Bertz CT molecular complexity index is 694. The molecule has 27 heavy (non-hydrogen) atoms. The van der Waals surface area contributed by atoms with Gasteiger partial charge in [-0.05, 0) is 32.3 Å². The van der Waals surface area contributed by atoms with Crippen molar-refractivity contribution < 1.29 is 18.7 Å². The number of halogens is 1. The second kappa shape index (κ2) is 8.53. The van der Waals surface area contributed by atoms with Gasteiger partial charge in [-0.1, -0.05) is 0 Å². The lowest BCUT2D eigenvalue weighted by Crippen LogP contribution is -2.50. The molecule has 0 aliphatic carbocycles. The van der Waals surface area contributed by atoms with Crippen molar-refractivity contribution in [3.8, 4) is 0 Å². The fourth-order valence-electron chi connectivity index (χ4n) is 3.45. The maximum Gasteiger partial charge on any atom is 0.414 e. The Morgan fingerprint density at radius 2 is 1.96 bits per heavy atom. The highest BCUT2D eigenvalue weighted by molar-refractivity contribution is 5.90. The number of hydrogen-bond acceptors (Lipinski definition) is 6. The maximum atomic E-state index is 14.7. The van der Waals surface area contributed by atoms with Gasteiger partial charge < -0.3 is 25.2 Å². The minimum absolute atomic E-state index is 0.0524. The molecule has 2 aliphatic heterocycles. The number of anilines is 2. The van der Waals surface area contributed by atoms with E-state index in [1.807, 2.05) is 4.90 Å². The summed E-state index contributed by atoms with van der Waals surface area (Å²) in [4.78, 5) is 29.1. The first kappa shape index (κ1) is 19.4. The Morgan fingerprint density at radius 1 is 1.22 bits per heavy atom. The van der Waals surface area contributed by atoms with Crippen LogP contribution < -0.4 is 20.4 Å². The molecule has 1 unspecified atom stereocenters. The molecule has 2 fully saturated rings. The minimum atomic E-state index is -0.459. The molecule has 1 aromatic carbocycles. The number of carbonyl (C=O) groups is 2. The Balaban J connectivity index is 1.64. The van der Waals surface area contributed by atoms with Gasteiger partial charge in [-0.15, -0.1) is 0 Å². The zero-order chi connectivity index (χ0) is 19.4. The molecule has 0 bridgehead atoms. The quantitative estimate of drug-likeness (QED) is 0.737. The van der Waals surface area contributed by atoms with E-state index in [9.17, 15) is 14.0 Å². The van der Waals surface area contributed by atoms with E-state index in [2.05, 4.69) is 10.6 Å². The average molecular weight is 379 g/mol. The van der Waals surface area contributed by atoms with Crippen LogP contribution in [0.15, 0.2) is 18.2 Å². The molecule has 2 N–H and O–H groups in total. The summed E-state index contributed by atoms with van der Waals surface area (Å²) in [5, 5.41) is 5.82. The number of piperazine rings is 1. The molecule has 1 atom stereocenters. The van der Waals surface area contributed by atoms with Gasteiger partial charge in [0.1, 0.15) is 11.9 Å². The number of cyclic esters (lactones) is 1. The van der Waals surface area contributed by atoms with Gasteiger partial charge in [0, 0.05) is 32.7 Å². The standard InChI is InChI=1S/C18H26FN5O3/c1-20-10-14-12-24(18(26)27-14)13-3-4-16(15(19)9-13)22-5-7-23(8-6-22)17(25)11-21-2/h3-4,9,14,20-21H,5-8,10-12H2,1-2H3. The molecule has 1 aromatic rings. The Morgan fingerprint density at radius 3 is 2.59 bits per heavy atom. The van der Waals surface area contributed by atoms with Crippen molar-refractivity contribution >= 4 is 23.4 Å². The summed E-state index contributed by atoms with van der Waals surface area (Å²) < 4.78 is 20.0. The van der Waals surface area contributed by atoms with Gasteiger partial charge in [0.25, 0.3) is 0 Å². The van der Waals surface area contributed by atoms with Crippen LogP contribution in [-0.2, 0) is 9.53 Å². The number of nitrogens with zero attached hydrogens (tertiary/aromatic N) is 3. The van der Waals surface area contributed by atoms with Crippen molar-refractivity contribution in [1.82, 2.24) is 15.5 Å². The van der Waals surface area contributed by atoms with Gasteiger partial charge in [-0.2, -0.15) is 0 Å². The van der Waals surface area contributed by atoms with Crippen LogP contribution in [0.1, 0.15) is 0 Å². The van der Waals surface area contributed by atoms with E-state index in [1.165, 1.54) is 11.0 Å². The Kier molecular flexibility index (Phi) is 6.12. The molecule has 3 rings (SSSR count). The van der Waals surface area contributed by atoms with E-state index < -0.39 is 6.09 Å². The largest absolute Gasteiger partial charge is 0.443 e. The van der Waals surface area contributed by atoms with Crippen LogP contribution in [0.25, 0.3) is 0 Å². The number of hydrogen-bond donors (Lipinski definition) is 2. The number of carbonyl (C=O) groups excluding carboxylic acids is 2. The Labute approximate surface area is 158 Å². The number of likely N-dealkylation sites (N-methyl/N-ethyl adjacent to an activating group) is 2. The third-order valence-corrected chi connectivity index (χ3v) is 4.85. The normalized spacial score (nSPS) is 20.2. The van der Waals surface area contributed by atoms with Crippen LogP contribution in [0.5, 0.6) is 0 Å². The molecule has 0 aromatic heterocycles. The molecule has 2 amide bonds. The van der Waals surface area contributed by atoms with Crippen LogP contribution in [0.2, 0.25) is 0 Å². The number of benzene rings is 1. The van der Waals surface area contributed by atoms with Gasteiger partial charge in [0.2, 0.25) is 5.91 Å². The second-order valence-corrected chi connectivity index (χ2v) is 6.71. The van der Waals surface area contributed by atoms with Gasteiger partial charge in [-0.25, -0.2) is 9.18 Å². The molecule has 2 heterocycles. The number of nitrogens with one attached hydrogen (secondary N) is 2. The predicted octanol–water partition coefficient (Wildman–Crippen LogP) is 0.238. The summed E-state index contributed by atoms with van der Waals surface area (Å²) in [6, 6.07) is 4.80. The van der Waals surface area contributed by atoms with Crippen molar-refractivity contribution in [2.24, 2.45) is 0 Å². The van der Waals surface area contributed by atoms with E-state index in [0.29, 0.717) is 57.2 Å². The van der Waals surface area contributed by atoms with Crippen LogP contribution in [0.4, 0.5) is 20.6 Å². The Hall–Kier alpha value is -2.39. The van der Waals surface area contributed by atoms with Gasteiger partial charge >= 0.3 is 6.09 Å². The molecule has 0 spiro atoms. The van der Waals surface area contributed by atoms with E-state index in [4.69, 9.17) is 4.74 Å². The molecule has 8 nitrogen and oxygen atoms in total. The highest BCUT2D eigenvalue weighted by Gasteiger charge is 2.32. The first-order chi connectivity index (χ1) is 13.0. The van der Waals surface area contributed by atoms with Crippen molar-refractivity contribution in [1.29, 1.82) is 0 Å². The highest BCUT2D eigenvalue weighted by atomic mass is 19.1. The third kappa shape index (κ3) is 4.30. The topological polar surface area (TPSA) is 77.2 Å². The third-order valence-electron chi connectivity index (χ3n) is 4.85. The maximum absolute atomic E-state index is 14.7. The highest BCUT2D eigenvalue weighted by Crippen LogP contribution is 2.28. The number of ether oxygens (including phenoxy) is 1. The molecular weight excluding hydrogens is 353 g/mol. The molecule has 2 saturated heterocycles. The number of amides is 2. The summed E-state index contributed by atoms with van der Waals surface area (Å²) in [6.45, 7) is 3.52. The summed E-state index contributed by atoms with van der Waals surface area (Å²) in [5.41, 5.74) is 0.974. The fraction of sp³-hybridized carbons (Fsp3) is 0.556. The zero-order valence-corrected chi connectivity index (χ0v) is 15.7. The molecule has 9 heteroatoms. The van der Waals surface area contributed by atoms with Gasteiger partial charge in [0.05, 0.1) is 24.5 Å². The van der Waals surface area contributed by atoms with Crippen molar-refractivity contribution in [2.75, 3.05) is 69.7 Å². The first-order valence-corrected chi connectivity index (χ1v) is 9.13. The molecular formula is C18H26FN5O3. The first-order valence-electron chi connectivity index (χ1n) is 9.13. The predicted molar refractivity (Wildman–Crippen MR) is 101 cm³/mol. The van der Waals surface area contributed by atoms with E-state index in [-0.39, 0.29) is 17.8 Å². The lowest BCUT2D eigenvalue weighted by atomic mass is 10.2. The van der Waals surface area contributed by atoms with E-state index >= 15 is 0 Å². The smallest absolute Gasteiger partial charge is 0.414 e. The molecule has 2 aliphatic rings. The molecule has 0 radical (unpaired) electrons. The minimum Gasteiger partial charge on any atom is -0.443 e. The van der Waals surface area contributed by atoms with Crippen LogP contribution >= 0.6 is 0 Å². The van der Waals surface area contributed by atoms with Crippen LogP contribution in [0, 0.1) is 5.82 Å². The average Bonchev–Trinajstić information content (AvgIpc) is 3.02. The van der Waals surface area contributed by atoms with Gasteiger partial charge in [-0.3, -0.25) is 9.69 Å². The van der Waals surface area contributed by atoms with Crippen LogP contribution in [-0.4, -0.2) is 82.9 Å². The monoisotopic (exact) mass is 379 g/mol. The summed E-state index contributed by atoms with van der Waals surface area (Å²) >= 11 is 0. The number of rotatable bonds is 6. The lowest BCUT2D eigenvalue weighted by Gasteiger charge is -2.36. The summed E-state index contributed by atoms with van der Waals surface area (Å²) in [5.74, 6) is -0.330. The zero-order valence-electron chi connectivity index (χ0n) is 15.7. The van der Waals surface area contributed by atoms with E-state index in [0.717, 1.165) is 0 Å². The SMILES string of the molecule is CNCC(=O)N1CCN(c2ccc(N3CC(CNC)OC3=O)cc2F)CC1. The lowest BCUT2D eigenvalue weighted by molar-refractivity contribution is -0.130. The van der Waals surface area contributed by atoms with Crippen LogP contribution in [0.3, 0.4) is 0 Å². The van der Waals surface area contributed by atoms with Crippen molar-refractivity contribution in [3.05, 3.63) is 24.0 Å². The second-order valence-electron chi connectivity index (χ2n) is 6.71.